The summed E-state index contributed by atoms with van der Waals surface area (Å²) in [5, 5.41) is 17.4. The molecule has 0 spiro atoms. The quantitative estimate of drug-likeness (QED) is 0.0669. The number of amides is 1. The Labute approximate surface area is 599 Å². The van der Waals surface area contributed by atoms with Crippen LogP contribution in [0.3, 0.4) is 0 Å². The van der Waals surface area contributed by atoms with Crippen LogP contribution in [0.4, 0.5) is 30.6 Å². The average molecular weight is 1460 g/mol. The van der Waals surface area contributed by atoms with Crippen molar-refractivity contribution in [1.29, 1.82) is 0 Å². The number of pyridine rings is 3. The molecule has 0 aliphatic rings. The summed E-state index contributed by atoms with van der Waals surface area (Å²) in [4.78, 5) is 74.0. The Morgan fingerprint density at radius 1 is 0.452 bits per heavy atom. The number of esters is 2. The van der Waals surface area contributed by atoms with E-state index in [1.165, 1.54) is 70.7 Å². The molecule has 0 aliphatic heterocycles. The molecule has 518 valence electrons. The van der Waals surface area contributed by atoms with Crippen LogP contribution in [0.5, 0.6) is 0 Å². The Morgan fingerprint density at radius 3 is 1.19 bits per heavy atom. The summed E-state index contributed by atoms with van der Waals surface area (Å²) in [6.45, 7) is 9.90. The van der Waals surface area contributed by atoms with Gasteiger partial charge in [-0.15, -0.1) is 0 Å². The van der Waals surface area contributed by atoms with Gasteiger partial charge < -0.3 is 32.4 Å². The summed E-state index contributed by atoms with van der Waals surface area (Å²) < 4.78 is 53.9. The van der Waals surface area contributed by atoms with Crippen LogP contribution in [-0.4, -0.2) is 106 Å². The summed E-state index contributed by atoms with van der Waals surface area (Å²) in [5.41, 5.74) is 39.8. The zero-order valence-corrected chi connectivity index (χ0v) is 57.7. The van der Waals surface area contributed by atoms with Crippen molar-refractivity contribution in [3.8, 4) is 78.5 Å². The van der Waals surface area contributed by atoms with Crippen molar-refractivity contribution in [3.05, 3.63) is 257 Å². The van der Waals surface area contributed by atoms with E-state index in [1.54, 1.807) is 81.1 Å². The van der Waals surface area contributed by atoms with Crippen molar-refractivity contribution in [2.24, 2.45) is 5.73 Å². The maximum atomic E-state index is 13.6. The Balaban J connectivity index is 0.000000138. The third-order valence-corrected chi connectivity index (χ3v) is 16.9. The molecule has 28 heteroatoms. The number of primary amides is 1. The number of anilines is 3. The lowest BCUT2D eigenvalue weighted by Gasteiger charge is -2.15. The molecule has 15 rings (SSSR count). The highest BCUT2D eigenvalue weighted by molar-refractivity contribution is 9.10. The lowest BCUT2D eigenvalue weighted by atomic mass is 9.97. The molecule has 1 amide bonds. The first-order valence-corrected chi connectivity index (χ1v) is 32.8. The summed E-state index contributed by atoms with van der Waals surface area (Å²) >= 11 is 3.45. The molecule has 0 aliphatic carbocycles. The zero-order chi connectivity index (χ0) is 73.3. The molecule has 9 heterocycles. The number of halogens is 4. The number of nitrogens with zero attached hydrogens (tertiary/aromatic N) is 14. The number of hydrogen-bond donors (Lipinski definition) is 5. The molecule has 9 N–H and O–H groups in total. The van der Waals surface area contributed by atoms with E-state index in [2.05, 4.69) is 85.9 Å². The van der Waals surface area contributed by atoms with E-state index >= 15 is 0 Å². The van der Waals surface area contributed by atoms with Crippen LogP contribution >= 0.6 is 15.9 Å². The number of nitrogen functional groups attached to an aromatic ring is 3. The lowest BCUT2D eigenvalue weighted by Crippen LogP contribution is -2.13. The van der Waals surface area contributed by atoms with Gasteiger partial charge in [0.05, 0.1) is 51.3 Å². The number of hydrogen-bond acceptors (Lipinski definition) is 20. The minimum absolute atomic E-state index is 0.108. The number of H-pyrrole nitrogens is 1. The van der Waals surface area contributed by atoms with Crippen molar-refractivity contribution >= 4 is 83.9 Å². The molecule has 15 aromatic rings. The number of carbonyl (C=O) groups is 3. The predicted molar refractivity (Wildman–Crippen MR) is 393 cm³/mol. The van der Waals surface area contributed by atoms with Gasteiger partial charge in [-0.2, -0.15) is 15.3 Å². The van der Waals surface area contributed by atoms with Crippen LogP contribution in [0.2, 0.25) is 0 Å². The second-order valence-corrected chi connectivity index (χ2v) is 23.8. The van der Waals surface area contributed by atoms with E-state index in [0.29, 0.717) is 62.2 Å². The van der Waals surface area contributed by atoms with Gasteiger partial charge in [-0.1, -0.05) is 18.2 Å². The maximum absolute atomic E-state index is 13.6. The van der Waals surface area contributed by atoms with Gasteiger partial charge in [0.15, 0.2) is 5.69 Å². The maximum Gasteiger partial charge on any atom is 0.358 e. The number of ether oxygens (including phenoxy) is 2. The molecule has 0 saturated carbocycles. The Morgan fingerprint density at radius 2 is 0.817 bits per heavy atom. The molecule has 0 unspecified atom stereocenters. The number of fused-ring (bicyclic) bond motifs is 3. The lowest BCUT2D eigenvalue weighted by molar-refractivity contribution is 0.0509. The number of aryl methyl sites for hydroxylation is 3. The van der Waals surface area contributed by atoms with Crippen LogP contribution in [-0.2, 0) is 9.47 Å². The predicted octanol–water partition coefficient (Wildman–Crippen LogP) is 14.2. The number of rotatable bonds is 13. The average Bonchev–Trinajstić information content (AvgIpc) is 1.12. The summed E-state index contributed by atoms with van der Waals surface area (Å²) in [6.07, 6.45) is 9.34. The van der Waals surface area contributed by atoms with E-state index < -0.39 is 11.9 Å². The fourth-order valence-electron chi connectivity index (χ4n) is 11.0. The first-order valence-electron chi connectivity index (χ1n) is 32.0. The third kappa shape index (κ3) is 15.6. The highest BCUT2D eigenvalue weighted by Gasteiger charge is 2.22. The van der Waals surface area contributed by atoms with Gasteiger partial charge in [0, 0.05) is 85.2 Å². The zero-order valence-electron chi connectivity index (χ0n) is 56.1. The smallest absolute Gasteiger partial charge is 0.358 e. The molecule has 9 aromatic heterocycles. The minimum atomic E-state index is -0.645. The highest BCUT2D eigenvalue weighted by Crippen LogP contribution is 2.40. The SMILES string of the molecule is CCOC(=O)c1ccn(-c2cc(-c3ccc4ncnc(C)c4c3)c(-c3ccc(F)cc3)nc2N)n1.CCOC(=O)c1ccn[nH]1.Cc1ncnc2ccc(-c3cc(-n4ccc(C(N)=O)n4)c(N)nc3-c3ccc(F)cc3)cc12.Cc1ncnc2ccc(-c3cc(Br)c(N)nc3-c3ccc(F)cc3)cc12. The highest BCUT2D eigenvalue weighted by atomic mass is 79.9. The normalized spacial score (nSPS) is 10.9. The minimum Gasteiger partial charge on any atom is -0.461 e. The second-order valence-electron chi connectivity index (χ2n) is 23.0. The molecular formula is C76H61BrF3N19O5. The third-order valence-electron chi connectivity index (χ3n) is 16.3. The van der Waals surface area contributed by atoms with Gasteiger partial charge in [0.25, 0.3) is 5.91 Å². The van der Waals surface area contributed by atoms with Gasteiger partial charge in [-0.05, 0) is 213 Å². The number of benzene rings is 6. The molecule has 0 radical (unpaired) electrons. The molecule has 0 bridgehead atoms. The van der Waals surface area contributed by atoms with Crippen molar-refractivity contribution in [2.45, 2.75) is 34.6 Å². The van der Waals surface area contributed by atoms with Gasteiger partial charge in [-0.3, -0.25) is 9.89 Å². The Hall–Kier alpha value is -13.5. The molecule has 6 aromatic carbocycles. The van der Waals surface area contributed by atoms with Crippen LogP contribution < -0.4 is 22.9 Å². The number of nitrogens with one attached hydrogen (secondary N) is 1. The standard InChI is InChI=1S/C26H21FN6O2.C24H18FN7O.C20H14BrFN4.C6H8N2O2/c1-3-35-26(34)22-10-11-33(32-22)23-13-20(17-6-9-21-19(12-17)15(2)29-14-30-21)24(31-25(23)28)16-4-7-18(27)8-5-16;1-13-17-10-15(4-7-19(17)29-12-28-13)18-11-21(32-9-8-20(31-32)24(27)33)23(26)30-22(18)14-2-5-16(25)6-3-14;1-11-15-8-13(4-7-18(15)25-10-24-11)16-9-17(21)20(23)26-19(16)12-2-5-14(22)6-3-12;1-2-10-6(9)5-3-4-7-8-5/h4-14H,3H2,1-2H3,(H2,28,31);2-12H,1H3,(H2,26,30)(H2,27,33);2-10H,1H3,(H2,23,26);3-4H,2H2,1H3,(H,7,8). The largest absolute Gasteiger partial charge is 0.461 e. The molecule has 0 saturated heterocycles. The number of aromatic nitrogens is 15. The summed E-state index contributed by atoms with van der Waals surface area (Å²) in [6, 6.07) is 46.2. The van der Waals surface area contributed by atoms with Gasteiger partial charge in [-0.25, -0.2) is 77.0 Å². The molecule has 104 heavy (non-hydrogen) atoms. The molecule has 0 fully saturated rings. The Bertz CT molecular complexity index is 5710. The second kappa shape index (κ2) is 30.9. The van der Waals surface area contributed by atoms with Crippen molar-refractivity contribution in [2.75, 3.05) is 30.4 Å². The van der Waals surface area contributed by atoms with Crippen LogP contribution in [0, 0.1) is 38.2 Å². The number of aromatic amines is 1. The summed E-state index contributed by atoms with van der Waals surface area (Å²) in [7, 11) is 0. The summed E-state index contributed by atoms with van der Waals surface area (Å²) in [5.74, 6) is -1.74. The van der Waals surface area contributed by atoms with E-state index in [0.717, 1.165) is 88.7 Å². The van der Waals surface area contributed by atoms with Gasteiger partial charge in [0.2, 0.25) is 0 Å². The molecule has 24 nitrogen and oxygen atoms in total. The first-order chi connectivity index (χ1) is 50.2. The first kappa shape index (κ1) is 70.4. The van der Waals surface area contributed by atoms with Crippen LogP contribution in [0.25, 0.3) is 111 Å². The monoisotopic (exact) mass is 1460 g/mol. The number of carbonyl (C=O) groups excluding carboxylic acids is 3. The van der Waals surface area contributed by atoms with Crippen LogP contribution in [0.1, 0.15) is 62.4 Å². The Kier molecular flexibility index (Phi) is 20.9. The van der Waals surface area contributed by atoms with Crippen molar-refractivity contribution in [3.63, 3.8) is 0 Å². The van der Waals surface area contributed by atoms with Crippen LogP contribution in [0.15, 0.2) is 206 Å². The van der Waals surface area contributed by atoms with Gasteiger partial charge >= 0.3 is 11.9 Å². The fourth-order valence-corrected chi connectivity index (χ4v) is 11.4. The van der Waals surface area contributed by atoms with Crippen molar-refractivity contribution < 1.29 is 37.0 Å². The van der Waals surface area contributed by atoms with E-state index in [4.69, 9.17) is 27.7 Å². The number of nitrogens with two attached hydrogens (primary N) is 4. The van der Waals surface area contributed by atoms with Gasteiger partial charge in [0.1, 0.15) is 76.6 Å². The topological polar surface area (TPSA) is 354 Å². The van der Waals surface area contributed by atoms with E-state index in [-0.39, 0.29) is 53.1 Å². The van der Waals surface area contributed by atoms with E-state index in [1.807, 2.05) is 93.6 Å². The van der Waals surface area contributed by atoms with Crippen molar-refractivity contribution in [1.82, 2.24) is 74.6 Å². The molecule has 0 atom stereocenters. The molecular weight excluding hydrogens is 1400 g/mol. The van der Waals surface area contributed by atoms with E-state index in [9.17, 15) is 27.6 Å². The fraction of sp³-hybridized carbons (Fsp3) is 0.0921.